The van der Waals surface area contributed by atoms with Crippen LogP contribution in [-0.2, 0) is 10.2 Å². The first-order valence-corrected chi connectivity index (χ1v) is 14.3. The fraction of sp³-hybridized carbons (Fsp3) is 0.407. The number of benzene rings is 1. The van der Waals surface area contributed by atoms with Crippen molar-refractivity contribution in [3.63, 3.8) is 0 Å². The van der Waals surface area contributed by atoms with Gasteiger partial charge < -0.3 is 15.1 Å². The van der Waals surface area contributed by atoms with Crippen LogP contribution in [0.1, 0.15) is 64.2 Å². The summed E-state index contributed by atoms with van der Waals surface area (Å²) in [5, 5.41) is 8.28. The number of aromatic nitrogens is 3. The molecule has 214 valence electrons. The van der Waals surface area contributed by atoms with E-state index in [1.807, 2.05) is 0 Å². The zero-order valence-electron chi connectivity index (χ0n) is 21.5. The number of amides is 3. The molecule has 3 aromatic rings. The molecular formula is C27H24ClF3N6O3S. The highest BCUT2D eigenvalue weighted by Gasteiger charge is 2.59. The number of nitrogens with zero attached hydrogens (tertiary/aromatic N) is 5. The Balaban J connectivity index is 1.11. The molecule has 2 aliphatic heterocycles. The zero-order valence-corrected chi connectivity index (χ0v) is 23.1. The second kappa shape index (κ2) is 10.7. The normalized spacial score (nSPS) is 21.2. The Hall–Kier alpha value is -3.58. The standard InChI is InChI=1S/C27H24ClF3N6O3S/c28-15-7-18(22(23(30)31)32-9-15)24(38)33-17-4-1-14(2-5-17)10-37-21-6-3-16(29)8-19(21)27(26(37)40)12-36(13-27)25(39)20-11-41-35-34-20/h3,6-9,11,14,17,23H,1-2,4-5,10,12-13H2,(H,33,38)/t14-,17-. The van der Waals surface area contributed by atoms with Crippen LogP contribution in [0.5, 0.6) is 0 Å². The number of hydrogen-bond donors (Lipinski definition) is 1. The molecule has 3 aliphatic rings. The molecule has 1 N–H and O–H groups in total. The summed E-state index contributed by atoms with van der Waals surface area (Å²) in [6.07, 6.45) is 0.749. The quantitative estimate of drug-likeness (QED) is 0.447. The van der Waals surface area contributed by atoms with Gasteiger partial charge in [0.05, 0.1) is 10.6 Å². The Morgan fingerprint density at radius 1 is 1.17 bits per heavy atom. The highest BCUT2D eigenvalue weighted by Crippen LogP contribution is 2.48. The van der Waals surface area contributed by atoms with E-state index in [0.29, 0.717) is 43.5 Å². The minimum absolute atomic E-state index is 0.0931. The lowest BCUT2D eigenvalue weighted by Crippen LogP contribution is -2.65. The molecule has 41 heavy (non-hydrogen) atoms. The van der Waals surface area contributed by atoms with Crippen LogP contribution in [0.4, 0.5) is 18.9 Å². The topological polar surface area (TPSA) is 108 Å². The van der Waals surface area contributed by atoms with Crippen molar-refractivity contribution in [2.24, 2.45) is 5.92 Å². The van der Waals surface area contributed by atoms with Crippen molar-refractivity contribution in [2.75, 3.05) is 24.5 Å². The van der Waals surface area contributed by atoms with E-state index in [9.17, 15) is 27.6 Å². The first-order valence-electron chi connectivity index (χ1n) is 13.1. The van der Waals surface area contributed by atoms with Gasteiger partial charge in [0.25, 0.3) is 18.2 Å². The van der Waals surface area contributed by atoms with Crippen molar-refractivity contribution >= 4 is 46.5 Å². The van der Waals surface area contributed by atoms with E-state index < -0.39 is 29.3 Å². The molecule has 14 heteroatoms. The summed E-state index contributed by atoms with van der Waals surface area (Å²) in [6, 6.07) is 5.28. The Morgan fingerprint density at radius 3 is 2.61 bits per heavy atom. The van der Waals surface area contributed by atoms with Crippen LogP contribution < -0.4 is 10.2 Å². The molecule has 1 saturated heterocycles. The first kappa shape index (κ1) is 27.6. The van der Waals surface area contributed by atoms with E-state index in [1.54, 1.807) is 16.3 Å². The molecular weight excluding hydrogens is 581 g/mol. The van der Waals surface area contributed by atoms with Gasteiger partial charge in [0.2, 0.25) is 5.91 Å². The lowest BCUT2D eigenvalue weighted by atomic mass is 9.74. The number of nitrogens with one attached hydrogen (secondary N) is 1. The summed E-state index contributed by atoms with van der Waals surface area (Å²) < 4.78 is 44.7. The Morgan fingerprint density at radius 2 is 1.93 bits per heavy atom. The van der Waals surface area contributed by atoms with E-state index in [2.05, 4.69) is 19.9 Å². The minimum Gasteiger partial charge on any atom is -0.349 e. The first-order chi connectivity index (χ1) is 19.7. The third kappa shape index (κ3) is 4.94. The number of carbonyl (C=O) groups is 3. The fourth-order valence-corrected chi connectivity index (χ4v) is 6.67. The summed E-state index contributed by atoms with van der Waals surface area (Å²) in [7, 11) is 0. The molecule has 3 amide bonds. The minimum atomic E-state index is -2.91. The van der Waals surface area contributed by atoms with Crippen molar-refractivity contribution < 1.29 is 27.6 Å². The Kier molecular flexibility index (Phi) is 7.18. The number of halogens is 4. The number of carbonyl (C=O) groups excluding carboxylic acids is 3. The smallest absolute Gasteiger partial charge is 0.281 e. The fourth-order valence-electron chi connectivity index (χ4n) is 6.08. The summed E-state index contributed by atoms with van der Waals surface area (Å²) >= 11 is 6.95. The van der Waals surface area contributed by atoms with Gasteiger partial charge in [0.15, 0.2) is 5.69 Å². The molecule has 9 nitrogen and oxygen atoms in total. The summed E-state index contributed by atoms with van der Waals surface area (Å²) in [6.45, 7) is 0.678. The van der Waals surface area contributed by atoms with E-state index in [1.165, 1.54) is 23.1 Å². The van der Waals surface area contributed by atoms with Crippen LogP contribution in [0.15, 0.2) is 35.8 Å². The third-order valence-electron chi connectivity index (χ3n) is 8.17. The van der Waals surface area contributed by atoms with Crippen LogP contribution in [0.25, 0.3) is 0 Å². The second-order valence-electron chi connectivity index (χ2n) is 10.7. The van der Waals surface area contributed by atoms with E-state index in [4.69, 9.17) is 11.6 Å². The van der Waals surface area contributed by atoms with Crippen molar-refractivity contribution in [3.8, 4) is 0 Å². The largest absolute Gasteiger partial charge is 0.349 e. The molecule has 2 fully saturated rings. The van der Waals surface area contributed by atoms with Gasteiger partial charge in [0.1, 0.15) is 16.9 Å². The second-order valence-corrected chi connectivity index (χ2v) is 11.7. The average molecular weight is 605 g/mol. The van der Waals surface area contributed by atoms with Gasteiger partial charge in [-0.15, -0.1) is 5.10 Å². The summed E-state index contributed by atoms with van der Waals surface area (Å²) in [5.41, 5.74) is -0.430. The van der Waals surface area contributed by atoms with Gasteiger partial charge in [-0.1, -0.05) is 16.1 Å². The average Bonchev–Trinajstić information content (AvgIpc) is 3.54. The molecule has 6 rings (SSSR count). The van der Waals surface area contributed by atoms with Gasteiger partial charge in [-0.25, -0.2) is 13.2 Å². The maximum absolute atomic E-state index is 14.3. The Labute approximate surface area is 241 Å². The van der Waals surface area contributed by atoms with E-state index in [-0.39, 0.29) is 53.1 Å². The number of likely N-dealkylation sites (tertiary alicyclic amines) is 1. The van der Waals surface area contributed by atoms with Gasteiger partial charge >= 0.3 is 0 Å². The van der Waals surface area contributed by atoms with Crippen molar-refractivity contribution in [1.82, 2.24) is 24.8 Å². The molecule has 2 aromatic heterocycles. The SMILES string of the molecule is O=C(N[C@H]1CC[C@H](CN2C(=O)C3(CN(C(=O)c4csnn4)C3)c3cc(F)ccc32)CC1)c1cc(Cl)cnc1C(F)F. The van der Waals surface area contributed by atoms with Gasteiger partial charge in [-0.05, 0) is 73.0 Å². The molecule has 0 unspecified atom stereocenters. The van der Waals surface area contributed by atoms with Gasteiger partial charge in [-0.2, -0.15) is 0 Å². The predicted molar refractivity (Wildman–Crippen MR) is 144 cm³/mol. The molecule has 0 atom stereocenters. The highest BCUT2D eigenvalue weighted by atomic mass is 35.5. The molecule has 0 bridgehead atoms. The molecule has 4 heterocycles. The number of alkyl halides is 2. The monoisotopic (exact) mass is 604 g/mol. The lowest BCUT2D eigenvalue weighted by Gasteiger charge is -2.46. The van der Waals surface area contributed by atoms with E-state index >= 15 is 0 Å². The number of hydrogen-bond acceptors (Lipinski definition) is 7. The number of rotatable bonds is 6. The molecule has 1 spiro atoms. The van der Waals surface area contributed by atoms with Crippen LogP contribution in [0.2, 0.25) is 5.02 Å². The van der Waals surface area contributed by atoms with E-state index in [0.717, 1.165) is 17.7 Å². The highest BCUT2D eigenvalue weighted by molar-refractivity contribution is 7.03. The van der Waals surface area contributed by atoms with Crippen LogP contribution in [0, 0.1) is 11.7 Å². The van der Waals surface area contributed by atoms with Crippen molar-refractivity contribution in [3.05, 3.63) is 69.2 Å². The van der Waals surface area contributed by atoms with Crippen LogP contribution in [-0.4, -0.2) is 62.9 Å². The maximum atomic E-state index is 14.3. The Bertz CT molecular complexity index is 1510. The molecule has 1 aliphatic carbocycles. The number of pyridine rings is 1. The lowest BCUT2D eigenvalue weighted by molar-refractivity contribution is -0.128. The van der Waals surface area contributed by atoms with Crippen LogP contribution in [0.3, 0.4) is 0 Å². The number of fused-ring (bicyclic) bond motifs is 2. The molecule has 0 radical (unpaired) electrons. The zero-order chi connectivity index (χ0) is 28.9. The molecule has 1 saturated carbocycles. The van der Waals surface area contributed by atoms with Gasteiger partial charge in [-0.3, -0.25) is 19.4 Å². The summed E-state index contributed by atoms with van der Waals surface area (Å²) in [5.74, 6) is -1.47. The maximum Gasteiger partial charge on any atom is 0.281 e. The third-order valence-corrected chi connectivity index (χ3v) is 8.88. The summed E-state index contributed by atoms with van der Waals surface area (Å²) in [4.78, 5) is 46.1. The number of anilines is 1. The molecule has 1 aromatic carbocycles. The van der Waals surface area contributed by atoms with Crippen LogP contribution >= 0.6 is 23.1 Å². The van der Waals surface area contributed by atoms with Crippen molar-refractivity contribution in [2.45, 2.75) is 43.6 Å². The predicted octanol–water partition coefficient (Wildman–Crippen LogP) is 4.39. The van der Waals surface area contributed by atoms with Gasteiger partial charge in [0, 0.05) is 42.9 Å². The van der Waals surface area contributed by atoms with Crippen molar-refractivity contribution in [1.29, 1.82) is 0 Å².